The molecule has 0 saturated carbocycles. The molecule has 5 nitrogen and oxygen atoms in total. The normalized spacial score (nSPS) is 11.9. The molecular weight excluding hydrogens is 410 g/mol. The van der Waals surface area contributed by atoms with Gasteiger partial charge in [0.15, 0.2) is 0 Å². The van der Waals surface area contributed by atoms with Crippen molar-refractivity contribution in [3.63, 3.8) is 0 Å². The molecule has 0 rings (SSSR count). The summed E-state index contributed by atoms with van der Waals surface area (Å²) < 4.78 is 29.7. The number of carbonyl (C=O) groups excluding carboxylic acids is 1. The molecule has 0 aromatic carbocycles. The maximum Gasteiger partial charge on any atom is 0.266 e. The van der Waals surface area contributed by atoms with E-state index in [1.165, 1.54) is 96.3 Å². The van der Waals surface area contributed by atoms with Crippen LogP contribution in [0, 0.1) is 0 Å². The number of allylic oxidation sites excluding steroid dienone is 2. The van der Waals surface area contributed by atoms with Gasteiger partial charge in [-0.25, -0.2) is 0 Å². The summed E-state index contributed by atoms with van der Waals surface area (Å²) in [7, 11) is -3.99. The minimum atomic E-state index is -3.99. The van der Waals surface area contributed by atoms with Gasteiger partial charge in [0, 0.05) is 13.0 Å². The molecule has 184 valence electrons. The Labute approximate surface area is 192 Å². The van der Waals surface area contributed by atoms with E-state index >= 15 is 0 Å². The number of hydrogen-bond donors (Lipinski definition) is 2. The van der Waals surface area contributed by atoms with Crippen molar-refractivity contribution in [1.29, 1.82) is 0 Å². The zero-order valence-corrected chi connectivity index (χ0v) is 20.9. The molecule has 0 unspecified atom stereocenters. The monoisotopic (exact) mass is 459 g/mol. The molecule has 0 aliphatic heterocycles. The molecule has 1 amide bonds. The molecule has 2 N–H and O–H groups in total. The average Bonchev–Trinajstić information content (AvgIpc) is 2.71. The minimum absolute atomic E-state index is 0.0207. The summed E-state index contributed by atoms with van der Waals surface area (Å²) >= 11 is 0. The lowest BCUT2D eigenvalue weighted by Crippen LogP contribution is -2.28. The molecule has 0 radical (unpaired) electrons. The maximum absolute atomic E-state index is 11.5. The molecule has 0 fully saturated rings. The predicted molar refractivity (Wildman–Crippen MR) is 132 cm³/mol. The predicted octanol–water partition coefficient (Wildman–Crippen LogP) is 6.98. The van der Waals surface area contributed by atoms with E-state index < -0.39 is 15.9 Å². The lowest BCUT2D eigenvalue weighted by Gasteiger charge is -2.04. The number of amides is 1. The van der Waals surface area contributed by atoms with Gasteiger partial charge in [-0.15, -0.1) is 0 Å². The molecule has 0 spiro atoms. The molecule has 31 heavy (non-hydrogen) atoms. The molecule has 6 heteroatoms. The van der Waals surface area contributed by atoms with Gasteiger partial charge in [-0.3, -0.25) is 9.35 Å². The van der Waals surface area contributed by atoms with Crippen molar-refractivity contribution < 1.29 is 17.8 Å². The van der Waals surface area contributed by atoms with Crippen LogP contribution in [0.1, 0.15) is 129 Å². The molecule has 0 atom stereocenters. The van der Waals surface area contributed by atoms with E-state index in [0.29, 0.717) is 6.42 Å². The number of unbranched alkanes of at least 4 members (excludes halogenated alkanes) is 16. The largest absolute Gasteiger partial charge is 0.355 e. The smallest absolute Gasteiger partial charge is 0.266 e. The van der Waals surface area contributed by atoms with Gasteiger partial charge < -0.3 is 5.32 Å². The van der Waals surface area contributed by atoms with Crippen LogP contribution >= 0.6 is 0 Å². The SMILES string of the molecule is CCCCCCCCC=CCCCCCCCCCCCCC(=O)NCCS(=O)(=O)O. The minimum Gasteiger partial charge on any atom is -0.355 e. The van der Waals surface area contributed by atoms with Crippen LogP contribution in [-0.2, 0) is 14.9 Å². The van der Waals surface area contributed by atoms with Crippen LogP contribution in [-0.4, -0.2) is 31.2 Å². The second kappa shape index (κ2) is 22.3. The van der Waals surface area contributed by atoms with Gasteiger partial charge in [0.25, 0.3) is 10.1 Å². The van der Waals surface area contributed by atoms with Crippen molar-refractivity contribution in [2.75, 3.05) is 12.3 Å². The highest BCUT2D eigenvalue weighted by Gasteiger charge is 2.06. The summed E-state index contributed by atoms with van der Waals surface area (Å²) in [6, 6.07) is 0. The Morgan fingerprint density at radius 1 is 0.710 bits per heavy atom. The molecule has 0 aliphatic carbocycles. The van der Waals surface area contributed by atoms with Gasteiger partial charge in [0.2, 0.25) is 5.91 Å². The summed E-state index contributed by atoms with van der Waals surface area (Å²) in [5.74, 6) is -0.560. The number of nitrogens with one attached hydrogen (secondary N) is 1. The topological polar surface area (TPSA) is 83.5 Å². The van der Waals surface area contributed by atoms with E-state index in [2.05, 4.69) is 24.4 Å². The van der Waals surface area contributed by atoms with Gasteiger partial charge in [-0.05, 0) is 32.1 Å². The Kier molecular flexibility index (Phi) is 21.7. The Morgan fingerprint density at radius 3 is 1.58 bits per heavy atom. The summed E-state index contributed by atoms with van der Waals surface area (Å²) in [5.41, 5.74) is 0. The second-order valence-electron chi connectivity index (χ2n) is 8.74. The third kappa shape index (κ3) is 27.1. The zero-order valence-electron chi connectivity index (χ0n) is 20.1. The van der Waals surface area contributed by atoms with Crippen LogP contribution in [0.2, 0.25) is 0 Å². The summed E-state index contributed by atoms with van der Waals surface area (Å²) in [4.78, 5) is 11.5. The van der Waals surface area contributed by atoms with Gasteiger partial charge in [0.1, 0.15) is 0 Å². The van der Waals surface area contributed by atoms with Crippen molar-refractivity contribution in [2.45, 2.75) is 129 Å². The van der Waals surface area contributed by atoms with Crippen molar-refractivity contribution >= 4 is 16.0 Å². The Bertz CT molecular complexity index is 532. The fourth-order valence-electron chi connectivity index (χ4n) is 3.65. The van der Waals surface area contributed by atoms with E-state index in [1.54, 1.807) is 0 Å². The first kappa shape index (κ1) is 30.1. The summed E-state index contributed by atoms with van der Waals surface area (Å²) in [6.45, 7) is 2.24. The zero-order chi connectivity index (χ0) is 23.0. The quantitative estimate of drug-likeness (QED) is 0.0980. The first-order chi connectivity index (χ1) is 15.0. The van der Waals surface area contributed by atoms with Crippen LogP contribution in [0.3, 0.4) is 0 Å². The van der Waals surface area contributed by atoms with Crippen molar-refractivity contribution in [2.24, 2.45) is 0 Å². The summed E-state index contributed by atoms with van der Waals surface area (Å²) in [6.07, 6.45) is 28.1. The highest BCUT2D eigenvalue weighted by Crippen LogP contribution is 2.12. The van der Waals surface area contributed by atoms with Crippen LogP contribution in [0.5, 0.6) is 0 Å². The van der Waals surface area contributed by atoms with Crippen molar-refractivity contribution in [1.82, 2.24) is 5.32 Å². The second-order valence-corrected chi connectivity index (χ2v) is 10.3. The fourth-order valence-corrected chi connectivity index (χ4v) is 4.01. The van der Waals surface area contributed by atoms with Crippen LogP contribution in [0.15, 0.2) is 12.2 Å². The van der Waals surface area contributed by atoms with Crippen LogP contribution < -0.4 is 5.32 Å². The standard InChI is InChI=1S/C25H49NO4S/c1-2-3-4-5-6-7-8-9-10-11-12-13-14-15-16-17-18-19-20-21-22-25(27)26-23-24-31(28,29)30/h9-10H,2-8,11-24H2,1H3,(H,26,27)(H,28,29,30). The van der Waals surface area contributed by atoms with Crippen LogP contribution in [0.4, 0.5) is 0 Å². The average molecular weight is 460 g/mol. The molecular formula is C25H49NO4S. The molecule has 0 bridgehead atoms. The fraction of sp³-hybridized carbons (Fsp3) is 0.880. The Morgan fingerprint density at radius 2 is 1.13 bits per heavy atom. The Balaban J connectivity index is 3.21. The lowest BCUT2D eigenvalue weighted by molar-refractivity contribution is -0.121. The first-order valence-electron chi connectivity index (χ1n) is 12.8. The summed E-state index contributed by atoms with van der Waals surface area (Å²) in [5, 5.41) is 2.52. The van der Waals surface area contributed by atoms with Crippen molar-refractivity contribution in [3.05, 3.63) is 12.2 Å². The van der Waals surface area contributed by atoms with Gasteiger partial charge in [-0.1, -0.05) is 103 Å². The van der Waals surface area contributed by atoms with E-state index in [4.69, 9.17) is 4.55 Å². The van der Waals surface area contributed by atoms with Crippen molar-refractivity contribution in [3.8, 4) is 0 Å². The number of rotatable bonds is 23. The molecule has 0 aliphatic rings. The van der Waals surface area contributed by atoms with Gasteiger partial charge in [-0.2, -0.15) is 8.42 Å². The third-order valence-corrected chi connectivity index (χ3v) is 6.32. The molecule has 0 aromatic rings. The molecule has 0 aromatic heterocycles. The van der Waals surface area contributed by atoms with E-state index in [0.717, 1.165) is 19.3 Å². The van der Waals surface area contributed by atoms with Gasteiger partial charge in [0.05, 0.1) is 5.75 Å². The van der Waals surface area contributed by atoms with Gasteiger partial charge >= 0.3 is 0 Å². The number of carbonyl (C=O) groups is 1. The Hall–Kier alpha value is -0.880. The highest BCUT2D eigenvalue weighted by molar-refractivity contribution is 7.85. The molecule has 0 saturated heterocycles. The lowest BCUT2D eigenvalue weighted by atomic mass is 10.0. The first-order valence-corrected chi connectivity index (χ1v) is 14.4. The van der Waals surface area contributed by atoms with Crippen LogP contribution in [0.25, 0.3) is 0 Å². The highest BCUT2D eigenvalue weighted by atomic mass is 32.2. The number of hydrogen-bond acceptors (Lipinski definition) is 3. The van der Waals surface area contributed by atoms with E-state index in [9.17, 15) is 13.2 Å². The van der Waals surface area contributed by atoms with E-state index in [1.807, 2.05) is 0 Å². The van der Waals surface area contributed by atoms with E-state index in [-0.39, 0.29) is 12.5 Å². The maximum atomic E-state index is 11.5. The molecule has 0 heterocycles. The third-order valence-electron chi connectivity index (χ3n) is 5.60.